The molecule has 1 atom stereocenters. The smallest absolute Gasteiger partial charge is 0.265 e. The van der Waals surface area contributed by atoms with Gasteiger partial charge in [0, 0.05) is 6.04 Å². The Morgan fingerprint density at radius 1 is 1.29 bits per heavy atom. The number of benzene rings is 1. The van der Waals surface area contributed by atoms with Crippen LogP contribution < -0.4 is 14.8 Å². The summed E-state index contributed by atoms with van der Waals surface area (Å²) in [5.74, 6) is 0.211. The van der Waals surface area contributed by atoms with Crippen molar-refractivity contribution in [2.45, 2.75) is 49.6 Å². The number of rotatable bonds is 3. The van der Waals surface area contributed by atoms with Gasteiger partial charge in [0.1, 0.15) is 5.75 Å². The van der Waals surface area contributed by atoms with Gasteiger partial charge in [-0.3, -0.25) is 4.79 Å². The van der Waals surface area contributed by atoms with Gasteiger partial charge < -0.3 is 10.1 Å². The van der Waals surface area contributed by atoms with E-state index in [2.05, 4.69) is 10.0 Å². The molecule has 3 rings (SSSR count). The highest BCUT2D eigenvalue weighted by Gasteiger charge is 2.27. The second kappa shape index (κ2) is 5.31. The summed E-state index contributed by atoms with van der Waals surface area (Å²) in [5, 5.41) is 2.66. The fraction of sp³-hybridized carbons (Fsp3) is 0.500. The van der Waals surface area contributed by atoms with Crippen molar-refractivity contribution in [2.24, 2.45) is 0 Å². The minimum atomic E-state index is -3.57. The molecule has 6 nitrogen and oxygen atoms in total. The van der Waals surface area contributed by atoms with Gasteiger partial charge in [0.15, 0.2) is 6.10 Å². The van der Waals surface area contributed by atoms with Crippen molar-refractivity contribution in [1.29, 1.82) is 0 Å². The summed E-state index contributed by atoms with van der Waals surface area (Å²) in [6.45, 7) is 1.64. The normalized spacial score (nSPS) is 22.5. The molecule has 1 heterocycles. The molecule has 0 spiro atoms. The van der Waals surface area contributed by atoms with Crippen LogP contribution >= 0.6 is 0 Å². The maximum absolute atomic E-state index is 12.4. The number of amides is 1. The van der Waals surface area contributed by atoms with E-state index in [9.17, 15) is 13.2 Å². The molecule has 0 saturated heterocycles. The quantitative estimate of drug-likeness (QED) is 0.888. The molecule has 1 amide bonds. The molecule has 7 heteroatoms. The highest BCUT2D eigenvalue weighted by molar-refractivity contribution is 7.89. The van der Waals surface area contributed by atoms with Gasteiger partial charge in [-0.2, -0.15) is 0 Å². The Hall–Kier alpha value is -1.60. The van der Waals surface area contributed by atoms with E-state index in [1.165, 1.54) is 12.1 Å². The molecule has 1 aromatic carbocycles. The monoisotopic (exact) mass is 310 g/mol. The number of hydrogen-bond acceptors (Lipinski definition) is 4. The molecule has 2 aliphatic rings. The molecule has 0 bridgehead atoms. The van der Waals surface area contributed by atoms with Gasteiger partial charge in [-0.05, 0) is 38.0 Å². The summed E-state index contributed by atoms with van der Waals surface area (Å²) < 4.78 is 32.8. The summed E-state index contributed by atoms with van der Waals surface area (Å²) in [6.07, 6.45) is 3.29. The molecular weight excluding hydrogens is 292 g/mol. The molecular formula is C14H18N2O4S. The van der Waals surface area contributed by atoms with E-state index in [1.807, 2.05) is 0 Å². The molecule has 1 aliphatic carbocycles. The van der Waals surface area contributed by atoms with E-state index >= 15 is 0 Å². The van der Waals surface area contributed by atoms with Crippen LogP contribution in [0.25, 0.3) is 0 Å². The maximum atomic E-state index is 12.4. The van der Waals surface area contributed by atoms with Crippen LogP contribution in [0.5, 0.6) is 5.75 Å². The fourth-order valence-electron chi connectivity index (χ4n) is 2.69. The van der Waals surface area contributed by atoms with Crippen LogP contribution in [0.1, 0.15) is 32.6 Å². The summed E-state index contributed by atoms with van der Waals surface area (Å²) in [7, 11) is -3.57. The standard InChI is InChI=1S/C14H18N2O4S/c1-9-14(17)15-12-8-11(6-7-13(12)20-9)21(18,19)16-10-4-2-3-5-10/h6-10,16H,2-5H2,1H3,(H,15,17)/t9-/m1/s1. The fourth-order valence-corrected chi connectivity index (χ4v) is 4.02. The number of carbonyl (C=O) groups is 1. The SMILES string of the molecule is C[C@H]1Oc2ccc(S(=O)(=O)NC3CCCC3)cc2NC1=O. The van der Waals surface area contributed by atoms with Crippen molar-refractivity contribution >= 4 is 21.6 Å². The van der Waals surface area contributed by atoms with Gasteiger partial charge in [0.25, 0.3) is 5.91 Å². The molecule has 1 saturated carbocycles. The van der Waals surface area contributed by atoms with Crippen LogP contribution in [-0.2, 0) is 14.8 Å². The Kier molecular flexibility index (Phi) is 3.62. The minimum absolute atomic E-state index is 0.0110. The number of sulfonamides is 1. The lowest BCUT2D eigenvalue weighted by Crippen LogP contribution is -2.35. The number of nitrogens with one attached hydrogen (secondary N) is 2. The predicted octanol–water partition coefficient (Wildman–Crippen LogP) is 1.63. The average Bonchev–Trinajstić information content (AvgIpc) is 2.91. The largest absolute Gasteiger partial charge is 0.479 e. The second-order valence-corrected chi connectivity index (χ2v) is 7.22. The number of hydrogen-bond donors (Lipinski definition) is 2. The summed E-state index contributed by atoms with van der Waals surface area (Å²) >= 11 is 0. The lowest BCUT2D eigenvalue weighted by molar-refractivity contribution is -0.122. The average molecular weight is 310 g/mol. The molecule has 0 aromatic heterocycles. The first-order valence-corrected chi connectivity index (χ1v) is 8.58. The number of fused-ring (bicyclic) bond motifs is 1. The van der Waals surface area contributed by atoms with Crippen molar-refractivity contribution in [3.8, 4) is 5.75 Å². The first-order chi connectivity index (χ1) is 9.95. The van der Waals surface area contributed by atoms with Crippen LogP contribution in [0.4, 0.5) is 5.69 Å². The van der Waals surface area contributed by atoms with Crippen molar-refractivity contribution < 1.29 is 17.9 Å². The summed E-state index contributed by atoms with van der Waals surface area (Å²) in [6, 6.07) is 4.53. The topological polar surface area (TPSA) is 84.5 Å². The zero-order chi connectivity index (χ0) is 15.0. The number of ether oxygens (including phenoxy) is 1. The number of anilines is 1. The Labute approximate surface area is 123 Å². The molecule has 114 valence electrons. The summed E-state index contributed by atoms with van der Waals surface area (Å²) in [5.41, 5.74) is 0.396. The Morgan fingerprint density at radius 3 is 2.71 bits per heavy atom. The van der Waals surface area contributed by atoms with Gasteiger partial charge >= 0.3 is 0 Å². The lowest BCUT2D eigenvalue weighted by Gasteiger charge is -2.23. The van der Waals surface area contributed by atoms with Crippen molar-refractivity contribution in [3.63, 3.8) is 0 Å². The molecule has 0 unspecified atom stereocenters. The predicted molar refractivity (Wildman–Crippen MR) is 77.7 cm³/mol. The van der Waals surface area contributed by atoms with E-state index < -0.39 is 16.1 Å². The third kappa shape index (κ3) is 2.89. The van der Waals surface area contributed by atoms with E-state index in [0.717, 1.165) is 25.7 Å². The Balaban J connectivity index is 1.86. The molecule has 1 fully saturated rings. The lowest BCUT2D eigenvalue weighted by atomic mass is 10.2. The molecule has 1 aliphatic heterocycles. The van der Waals surface area contributed by atoms with E-state index in [4.69, 9.17) is 4.74 Å². The zero-order valence-electron chi connectivity index (χ0n) is 11.8. The minimum Gasteiger partial charge on any atom is -0.479 e. The Bertz CT molecular complexity index is 666. The molecule has 0 radical (unpaired) electrons. The van der Waals surface area contributed by atoms with Crippen LogP contribution in [0.15, 0.2) is 23.1 Å². The van der Waals surface area contributed by atoms with E-state index in [1.54, 1.807) is 13.0 Å². The van der Waals surface area contributed by atoms with Crippen LogP contribution in [0.3, 0.4) is 0 Å². The van der Waals surface area contributed by atoms with Gasteiger partial charge in [-0.1, -0.05) is 12.8 Å². The highest BCUT2D eigenvalue weighted by atomic mass is 32.2. The van der Waals surface area contributed by atoms with Crippen molar-refractivity contribution in [2.75, 3.05) is 5.32 Å². The molecule has 21 heavy (non-hydrogen) atoms. The maximum Gasteiger partial charge on any atom is 0.265 e. The second-order valence-electron chi connectivity index (χ2n) is 5.51. The summed E-state index contributed by atoms with van der Waals surface area (Å²) in [4.78, 5) is 11.7. The van der Waals surface area contributed by atoms with Crippen LogP contribution in [0.2, 0.25) is 0 Å². The molecule has 1 aromatic rings. The van der Waals surface area contributed by atoms with Crippen molar-refractivity contribution in [3.05, 3.63) is 18.2 Å². The van der Waals surface area contributed by atoms with Crippen LogP contribution in [-0.4, -0.2) is 26.5 Å². The first-order valence-electron chi connectivity index (χ1n) is 7.09. The van der Waals surface area contributed by atoms with Gasteiger partial charge in [0.2, 0.25) is 10.0 Å². The Morgan fingerprint density at radius 2 is 2.00 bits per heavy atom. The van der Waals surface area contributed by atoms with Gasteiger partial charge in [-0.25, -0.2) is 13.1 Å². The molecule has 2 N–H and O–H groups in total. The highest BCUT2D eigenvalue weighted by Crippen LogP contribution is 2.32. The zero-order valence-corrected chi connectivity index (χ0v) is 12.6. The van der Waals surface area contributed by atoms with Gasteiger partial charge in [0.05, 0.1) is 10.6 Å². The first kappa shape index (κ1) is 14.3. The third-order valence-corrected chi connectivity index (χ3v) is 5.39. The van der Waals surface area contributed by atoms with E-state index in [0.29, 0.717) is 11.4 Å². The number of carbonyl (C=O) groups excluding carboxylic acids is 1. The van der Waals surface area contributed by atoms with Crippen LogP contribution in [0, 0.1) is 0 Å². The van der Waals surface area contributed by atoms with Crippen molar-refractivity contribution in [1.82, 2.24) is 4.72 Å². The van der Waals surface area contributed by atoms with E-state index in [-0.39, 0.29) is 16.8 Å². The third-order valence-electron chi connectivity index (χ3n) is 3.87. The van der Waals surface area contributed by atoms with Gasteiger partial charge in [-0.15, -0.1) is 0 Å².